The molecular formula is C11H15N3O2. The van der Waals surface area contributed by atoms with Crippen LogP contribution in [0, 0.1) is 0 Å². The minimum Gasteiger partial charge on any atom is -0.351 e. The molecule has 5 nitrogen and oxygen atoms in total. The zero-order valence-corrected chi connectivity index (χ0v) is 9.00. The van der Waals surface area contributed by atoms with E-state index in [1.165, 1.54) is 6.20 Å². The number of hydrogen-bond acceptors (Lipinski definition) is 4. The molecule has 3 heterocycles. The van der Waals surface area contributed by atoms with Gasteiger partial charge in [-0.25, -0.2) is 0 Å². The van der Waals surface area contributed by atoms with E-state index in [1.54, 1.807) is 6.07 Å². The third-order valence-corrected chi connectivity index (χ3v) is 3.65. The molecule has 1 amide bonds. The van der Waals surface area contributed by atoms with Crippen molar-refractivity contribution in [2.24, 2.45) is 5.73 Å². The first kappa shape index (κ1) is 9.84. The summed E-state index contributed by atoms with van der Waals surface area (Å²) in [7, 11) is 0. The summed E-state index contributed by atoms with van der Waals surface area (Å²) in [4.78, 5) is 14.1. The minimum absolute atomic E-state index is 0.0306. The molecule has 2 aliphatic rings. The maximum Gasteiger partial charge on any atom is 0.292 e. The SMILES string of the molecule is NC1CC2CCC(C1)N2C(=O)c1ccno1. The molecule has 2 saturated heterocycles. The van der Waals surface area contributed by atoms with E-state index in [-0.39, 0.29) is 11.9 Å². The molecule has 1 aromatic rings. The van der Waals surface area contributed by atoms with Gasteiger partial charge in [-0.3, -0.25) is 4.79 Å². The number of hydrogen-bond donors (Lipinski definition) is 1. The van der Waals surface area contributed by atoms with Gasteiger partial charge >= 0.3 is 0 Å². The fraction of sp³-hybridized carbons (Fsp3) is 0.636. The van der Waals surface area contributed by atoms with Crippen LogP contribution < -0.4 is 5.73 Å². The topological polar surface area (TPSA) is 72.4 Å². The third-order valence-electron chi connectivity index (χ3n) is 3.65. The quantitative estimate of drug-likeness (QED) is 0.760. The van der Waals surface area contributed by atoms with E-state index in [0.717, 1.165) is 25.7 Å². The minimum atomic E-state index is -0.0306. The van der Waals surface area contributed by atoms with Crippen LogP contribution in [0.4, 0.5) is 0 Å². The molecule has 2 fully saturated rings. The Morgan fingerprint density at radius 1 is 1.44 bits per heavy atom. The lowest BCUT2D eigenvalue weighted by atomic mass is 9.98. The van der Waals surface area contributed by atoms with Crippen LogP contribution in [-0.4, -0.2) is 34.1 Å². The van der Waals surface area contributed by atoms with Crippen LogP contribution in [0.5, 0.6) is 0 Å². The molecular weight excluding hydrogens is 206 g/mol. The molecule has 86 valence electrons. The van der Waals surface area contributed by atoms with Gasteiger partial charge in [0, 0.05) is 24.2 Å². The highest BCUT2D eigenvalue weighted by atomic mass is 16.5. The summed E-state index contributed by atoms with van der Waals surface area (Å²) in [6.45, 7) is 0. The molecule has 2 aliphatic heterocycles. The molecule has 3 rings (SSSR count). The molecule has 2 N–H and O–H groups in total. The van der Waals surface area contributed by atoms with E-state index in [9.17, 15) is 4.79 Å². The summed E-state index contributed by atoms with van der Waals surface area (Å²) < 4.78 is 4.93. The number of carbonyl (C=O) groups is 1. The summed E-state index contributed by atoms with van der Waals surface area (Å²) >= 11 is 0. The zero-order chi connectivity index (χ0) is 11.1. The lowest BCUT2D eigenvalue weighted by Gasteiger charge is -2.37. The number of nitrogens with zero attached hydrogens (tertiary/aromatic N) is 2. The Kier molecular flexibility index (Phi) is 2.21. The number of rotatable bonds is 1. The fourth-order valence-corrected chi connectivity index (χ4v) is 3.00. The van der Waals surface area contributed by atoms with Crippen LogP contribution in [0.25, 0.3) is 0 Å². The normalized spacial score (nSPS) is 33.1. The van der Waals surface area contributed by atoms with E-state index in [0.29, 0.717) is 17.8 Å². The summed E-state index contributed by atoms with van der Waals surface area (Å²) in [5.74, 6) is 0.310. The van der Waals surface area contributed by atoms with E-state index in [2.05, 4.69) is 5.16 Å². The van der Waals surface area contributed by atoms with Gasteiger partial charge in [-0.2, -0.15) is 0 Å². The van der Waals surface area contributed by atoms with Crippen LogP contribution >= 0.6 is 0 Å². The Bertz CT molecular complexity index is 376. The molecule has 0 spiro atoms. The Hall–Kier alpha value is -1.36. The Balaban J connectivity index is 1.84. The predicted molar refractivity (Wildman–Crippen MR) is 56.7 cm³/mol. The monoisotopic (exact) mass is 221 g/mol. The highest BCUT2D eigenvalue weighted by Crippen LogP contribution is 2.35. The van der Waals surface area contributed by atoms with Gasteiger partial charge in [0.25, 0.3) is 5.91 Å². The van der Waals surface area contributed by atoms with Crippen molar-refractivity contribution in [3.05, 3.63) is 18.0 Å². The van der Waals surface area contributed by atoms with E-state index < -0.39 is 0 Å². The molecule has 0 aromatic carbocycles. The van der Waals surface area contributed by atoms with Crippen molar-refractivity contribution in [2.45, 2.75) is 43.8 Å². The highest BCUT2D eigenvalue weighted by molar-refractivity contribution is 5.92. The predicted octanol–water partition coefficient (Wildman–Crippen LogP) is 0.769. The summed E-state index contributed by atoms with van der Waals surface area (Å²) in [6, 6.07) is 2.46. The van der Waals surface area contributed by atoms with E-state index in [4.69, 9.17) is 10.3 Å². The van der Waals surface area contributed by atoms with Gasteiger partial charge in [0.1, 0.15) is 0 Å². The smallest absolute Gasteiger partial charge is 0.292 e. The first-order valence-electron chi connectivity index (χ1n) is 5.74. The number of piperidine rings is 1. The number of fused-ring (bicyclic) bond motifs is 2. The van der Waals surface area contributed by atoms with Crippen LogP contribution in [0.1, 0.15) is 36.2 Å². The second-order valence-corrected chi connectivity index (χ2v) is 4.71. The van der Waals surface area contributed by atoms with Crippen LogP contribution in [0.3, 0.4) is 0 Å². The maximum absolute atomic E-state index is 12.2. The van der Waals surface area contributed by atoms with Crippen molar-refractivity contribution >= 4 is 5.91 Å². The molecule has 16 heavy (non-hydrogen) atoms. The standard InChI is InChI=1S/C11H15N3O2/c12-7-5-8-1-2-9(6-7)14(8)11(15)10-3-4-13-16-10/h3-4,7-9H,1-2,5-6,12H2. The Morgan fingerprint density at radius 3 is 2.69 bits per heavy atom. The van der Waals surface area contributed by atoms with Gasteiger partial charge in [-0.1, -0.05) is 5.16 Å². The zero-order valence-electron chi connectivity index (χ0n) is 9.00. The molecule has 1 aromatic heterocycles. The van der Waals surface area contributed by atoms with Gasteiger partial charge in [0.15, 0.2) is 0 Å². The Morgan fingerprint density at radius 2 is 2.12 bits per heavy atom. The second-order valence-electron chi connectivity index (χ2n) is 4.71. The third kappa shape index (κ3) is 1.43. The molecule has 0 radical (unpaired) electrons. The van der Waals surface area contributed by atoms with Crippen LogP contribution in [0.2, 0.25) is 0 Å². The molecule has 2 atom stereocenters. The first-order chi connectivity index (χ1) is 7.75. The van der Waals surface area contributed by atoms with Crippen molar-refractivity contribution in [1.29, 1.82) is 0 Å². The van der Waals surface area contributed by atoms with E-state index >= 15 is 0 Å². The number of aromatic nitrogens is 1. The molecule has 0 aliphatic carbocycles. The molecule has 2 bridgehead atoms. The summed E-state index contributed by atoms with van der Waals surface area (Å²) in [5, 5.41) is 3.58. The van der Waals surface area contributed by atoms with Crippen molar-refractivity contribution in [3.63, 3.8) is 0 Å². The lowest BCUT2D eigenvalue weighted by Crippen LogP contribution is -2.50. The number of carbonyl (C=O) groups excluding carboxylic acids is 1. The Labute approximate surface area is 93.6 Å². The first-order valence-corrected chi connectivity index (χ1v) is 5.74. The van der Waals surface area contributed by atoms with Crippen LogP contribution in [0.15, 0.2) is 16.8 Å². The maximum atomic E-state index is 12.2. The van der Waals surface area contributed by atoms with Gasteiger partial charge < -0.3 is 15.2 Å². The summed E-state index contributed by atoms with van der Waals surface area (Å²) in [6.07, 6.45) is 5.47. The van der Waals surface area contributed by atoms with Gasteiger partial charge in [-0.15, -0.1) is 0 Å². The molecule has 0 saturated carbocycles. The second kappa shape index (κ2) is 3.59. The van der Waals surface area contributed by atoms with Crippen LogP contribution in [-0.2, 0) is 0 Å². The summed E-state index contributed by atoms with van der Waals surface area (Å²) in [5.41, 5.74) is 5.96. The average Bonchev–Trinajstić information content (AvgIpc) is 2.85. The number of amides is 1. The number of nitrogens with two attached hydrogens (primary N) is 1. The van der Waals surface area contributed by atoms with Crippen molar-refractivity contribution in [1.82, 2.24) is 10.1 Å². The van der Waals surface area contributed by atoms with Gasteiger partial charge in [0.2, 0.25) is 5.76 Å². The largest absolute Gasteiger partial charge is 0.351 e. The van der Waals surface area contributed by atoms with Gasteiger partial charge in [0.05, 0.1) is 6.20 Å². The fourth-order valence-electron chi connectivity index (χ4n) is 3.00. The lowest BCUT2D eigenvalue weighted by molar-refractivity contribution is 0.0533. The van der Waals surface area contributed by atoms with Gasteiger partial charge in [-0.05, 0) is 25.7 Å². The molecule has 5 heteroatoms. The highest BCUT2D eigenvalue weighted by Gasteiger charge is 2.43. The van der Waals surface area contributed by atoms with Crippen molar-refractivity contribution < 1.29 is 9.32 Å². The average molecular weight is 221 g/mol. The van der Waals surface area contributed by atoms with E-state index in [1.807, 2.05) is 4.90 Å². The van der Waals surface area contributed by atoms with Crippen molar-refractivity contribution in [2.75, 3.05) is 0 Å². The molecule has 2 unspecified atom stereocenters. The van der Waals surface area contributed by atoms with Crippen molar-refractivity contribution in [3.8, 4) is 0 Å².